The summed E-state index contributed by atoms with van der Waals surface area (Å²) in [6, 6.07) is 10.9. The normalized spacial score (nSPS) is 11.8. The number of nitrogens with one attached hydrogen (secondary N) is 1. The molecule has 0 aliphatic rings. The van der Waals surface area contributed by atoms with Gasteiger partial charge in [0.2, 0.25) is 0 Å². The van der Waals surface area contributed by atoms with Gasteiger partial charge in [0.15, 0.2) is 6.10 Å². The summed E-state index contributed by atoms with van der Waals surface area (Å²) in [5, 5.41) is 2.79. The summed E-state index contributed by atoms with van der Waals surface area (Å²) in [7, 11) is 3.09. The molecular weight excluding hydrogens is 358 g/mol. The summed E-state index contributed by atoms with van der Waals surface area (Å²) in [6.07, 6.45) is 1.89. The third-order valence-corrected chi connectivity index (χ3v) is 4.36. The van der Waals surface area contributed by atoms with Crippen LogP contribution in [0.4, 0.5) is 5.69 Å². The fourth-order valence-corrected chi connectivity index (χ4v) is 2.50. The first-order valence-electron chi connectivity index (χ1n) is 8.83. The smallest absolute Gasteiger partial charge is 0.331 e. The van der Waals surface area contributed by atoms with Crippen LogP contribution in [-0.2, 0) is 14.3 Å². The van der Waals surface area contributed by atoms with E-state index in [1.807, 2.05) is 32.0 Å². The minimum absolute atomic E-state index is 0.391. The second-order valence-corrected chi connectivity index (χ2v) is 6.26. The van der Waals surface area contributed by atoms with Crippen molar-refractivity contribution in [3.63, 3.8) is 0 Å². The highest BCUT2D eigenvalue weighted by atomic mass is 16.5. The lowest BCUT2D eigenvalue weighted by Gasteiger charge is -2.14. The minimum Gasteiger partial charge on any atom is -0.497 e. The quantitative estimate of drug-likeness (QED) is 0.580. The SMILES string of the molecule is COc1ccc(/C=C/C(=O)O[C@@H](C)C(=O)Nc2cccc(C)c2C)c(OC)c1. The van der Waals surface area contributed by atoms with Crippen LogP contribution in [0, 0.1) is 13.8 Å². The predicted octanol–water partition coefficient (Wildman–Crippen LogP) is 3.90. The van der Waals surface area contributed by atoms with E-state index in [1.165, 1.54) is 20.1 Å². The van der Waals surface area contributed by atoms with Gasteiger partial charge in [0.05, 0.1) is 14.2 Å². The Balaban J connectivity index is 1.99. The zero-order valence-electron chi connectivity index (χ0n) is 16.7. The van der Waals surface area contributed by atoms with Crippen LogP contribution >= 0.6 is 0 Å². The largest absolute Gasteiger partial charge is 0.497 e. The van der Waals surface area contributed by atoms with Gasteiger partial charge in [0.25, 0.3) is 5.91 Å². The Kier molecular flexibility index (Phi) is 7.21. The van der Waals surface area contributed by atoms with Crippen LogP contribution in [-0.4, -0.2) is 32.2 Å². The fraction of sp³-hybridized carbons (Fsp3) is 0.273. The highest BCUT2D eigenvalue weighted by molar-refractivity contribution is 5.97. The van der Waals surface area contributed by atoms with Crippen molar-refractivity contribution < 1.29 is 23.8 Å². The first-order chi connectivity index (χ1) is 13.3. The number of anilines is 1. The molecule has 0 heterocycles. The van der Waals surface area contributed by atoms with Gasteiger partial charge in [0, 0.05) is 23.4 Å². The molecule has 0 unspecified atom stereocenters. The lowest BCUT2D eigenvalue weighted by atomic mass is 10.1. The summed E-state index contributed by atoms with van der Waals surface area (Å²) >= 11 is 0. The number of methoxy groups -OCH3 is 2. The maximum atomic E-state index is 12.3. The maximum absolute atomic E-state index is 12.3. The molecule has 0 fully saturated rings. The van der Waals surface area contributed by atoms with Crippen molar-refractivity contribution in [3.8, 4) is 11.5 Å². The van der Waals surface area contributed by atoms with Crippen molar-refractivity contribution in [1.82, 2.24) is 0 Å². The Morgan fingerprint density at radius 3 is 2.50 bits per heavy atom. The average molecular weight is 383 g/mol. The van der Waals surface area contributed by atoms with Crippen molar-refractivity contribution in [1.29, 1.82) is 0 Å². The van der Waals surface area contributed by atoms with Crippen LogP contribution < -0.4 is 14.8 Å². The van der Waals surface area contributed by atoms with Crippen molar-refractivity contribution in [3.05, 3.63) is 59.2 Å². The molecule has 2 rings (SSSR count). The molecule has 148 valence electrons. The number of hydrogen-bond acceptors (Lipinski definition) is 5. The topological polar surface area (TPSA) is 73.9 Å². The van der Waals surface area contributed by atoms with Crippen molar-refractivity contribution >= 4 is 23.6 Å². The number of hydrogen-bond donors (Lipinski definition) is 1. The molecule has 0 radical (unpaired) electrons. The van der Waals surface area contributed by atoms with Gasteiger partial charge in [-0.25, -0.2) is 4.79 Å². The molecule has 28 heavy (non-hydrogen) atoms. The Hall–Kier alpha value is -3.28. The number of carbonyl (C=O) groups is 2. The van der Waals surface area contributed by atoms with Gasteiger partial charge < -0.3 is 19.5 Å². The summed E-state index contributed by atoms with van der Waals surface area (Å²) in [5.41, 5.74) is 3.43. The van der Waals surface area contributed by atoms with Crippen molar-refractivity contribution in [2.45, 2.75) is 26.9 Å². The van der Waals surface area contributed by atoms with Crippen LogP contribution in [0.1, 0.15) is 23.6 Å². The molecule has 6 heteroatoms. The van der Waals surface area contributed by atoms with E-state index >= 15 is 0 Å². The van der Waals surface area contributed by atoms with E-state index in [9.17, 15) is 9.59 Å². The number of esters is 1. The molecule has 1 atom stereocenters. The van der Waals surface area contributed by atoms with E-state index in [-0.39, 0.29) is 0 Å². The maximum Gasteiger partial charge on any atom is 0.331 e. The number of ether oxygens (including phenoxy) is 3. The standard InChI is InChI=1S/C22H25NO5/c1-14-7-6-8-19(15(14)2)23-22(25)16(3)28-21(24)12-10-17-9-11-18(26-4)13-20(17)27-5/h6-13,16H,1-5H3,(H,23,25)/b12-10+/t16-/m0/s1. The van der Waals surface area contributed by atoms with E-state index in [2.05, 4.69) is 5.32 Å². The Morgan fingerprint density at radius 1 is 1.07 bits per heavy atom. The lowest BCUT2D eigenvalue weighted by Crippen LogP contribution is -2.29. The van der Waals surface area contributed by atoms with Gasteiger partial charge in [0.1, 0.15) is 11.5 Å². The highest BCUT2D eigenvalue weighted by Gasteiger charge is 2.17. The molecule has 0 spiro atoms. The predicted molar refractivity (Wildman–Crippen MR) is 109 cm³/mol. The number of aryl methyl sites for hydroxylation is 1. The molecule has 0 aliphatic carbocycles. The Labute approximate surface area is 165 Å². The number of carbonyl (C=O) groups excluding carboxylic acids is 2. The van der Waals surface area contributed by atoms with E-state index in [1.54, 1.807) is 31.4 Å². The van der Waals surface area contributed by atoms with Gasteiger partial charge in [-0.2, -0.15) is 0 Å². The summed E-state index contributed by atoms with van der Waals surface area (Å²) < 4.78 is 15.6. The second kappa shape index (κ2) is 9.60. The molecule has 1 N–H and O–H groups in total. The molecule has 2 aromatic carbocycles. The van der Waals surface area contributed by atoms with Crippen LogP contribution in [0.2, 0.25) is 0 Å². The number of amides is 1. The zero-order chi connectivity index (χ0) is 20.7. The zero-order valence-corrected chi connectivity index (χ0v) is 16.7. The van der Waals surface area contributed by atoms with Gasteiger partial charge in [-0.1, -0.05) is 12.1 Å². The Bertz CT molecular complexity index is 888. The van der Waals surface area contributed by atoms with Crippen LogP contribution in [0.3, 0.4) is 0 Å². The molecule has 0 aliphatic heterocycles. The van der Waals surface area contributed by atoms with Crippen molar-refractivity contribution in [2.75, 3.05) is 19.5 Å². The highest BCUT2D eigenvalue weighted by Crippen LogP contribution is 2.25. The van der Waals surface area contributed by atoms with Gasteiger partial charge in [-0.15, -0.1) is 0 Å². The number of benzene rings is 2. The second-order valence-electron chi connectivity index (χ2n) is 6.26. The molecule has 0 saturated heterocycles. The van der Waals surface area contributed by atoms with Crippen molar-refractivity contribution in [2.24, 2.45) is 0 Å². The van der Waals surface area contributed by atoms with E-state index < -0.39 is 18.0 Å². The first kappa shape index (κ1) is 21.0. The lowest BCUT2D eigenvalue weighted by molar-refractivity contribution is -0.148. The summed E-state index contributed by atoms with van der Waals surface area (Å²) in [5.74, 6) is 0.191. The monoisotopic (exact) mass is 383 g/mol. The molecule has 6 nitrogen and oxygen atoms in total. The average Bonchev–Trinajstić information content (AvgIpc) is 2.69. The van der Waals surface area contributed by atoms with E-state index in [0.717, 1.165) is 11.1 Å². The van der Waals surface area contributed by atoms with Gasteiger partial charge >= 0.3 is 5.97 Å². The van der Waals surface area contributed by atoms with Crippen LogP contribution in [0.5, 0.6) is 11.5 Å². The molecule has 0 bridgehead atoms. The summed E-state index contributed by atoms with van der Waals surface area (Å²) in [6.45, 7) is 5.42. The molecule has 0 aromatic heterocycles. The molecular formula is C22H25NO5. The van der Waals surface area contributed by atoms with E-state index in [4.69, 9.17) is 14.2 Å². The van der Waals surface area contributed by atoms with Gasteiger partial charge in [-0.3, -0.25) is 4.79 Å². The van der Waals surface area contributed by atoms with E-state index in [0.29, 0.717) is 22.7 Å². The number of rotatable bonds is 7. The van der Waals surface area contributed by atoms with Crippen LogP contribution in [0.25, 0.3) is 6.08 Å². The first-order valence-corrected chi connectivity index (χ1v) is 8.83. The van der Waals surface area contributed by atoms with Gasteiger partial charge in [-0.05, 0) is 56.2 Å². The molecule has 0 saturated carbocycles. The minimum atomic E-state index is -0.935. The molecule has 1 amide bonds. The Morgan fingerprint density at radius 2 is 1.82 bits per heavy atom. The molecule has 2 aromatic rings. The third-order valence-electron chi connectivity index (χ3n) is 4.36. The van der Waals surface area contributed by atoms with Crippen LogP contribution in [0.15, 0.2) is 42.5 Å². The summed E-state index contributed by atoms with van der Waals surface area (Å²) in [4.78, 5) is 24.4. The fourth-order valence-electron chi connectivity index (χ4n) is 2.50. The third kappa shape index (κ3) is 5.36.